The number of aldehydes is 1. The molecule has 100 valence electrons. The first-order valence-corrected chi connectivity index (χ1v) is 7.03. The van der Waals surface area contributed by atoms with Gasteiger partial charge in [0.15, 0.2) is 6.29 Å². The van der Waals surface area contributed by atoms with Crippen molar-refractivity contribution in [3.63, 3.8) is 0 Å². The van der Waals surface area contributed by atoms with Crippen molar-refractivity contribution in [2.45, 2.75) is 77.1 Å². The number of hydrogen-bond donors (Lipinski definition) is 0. The third kappa shape index (κ3) is 7.50. The Morgan fingerprint density at radius 1 is 1.29 bits per heavy atom. The molecule has 1 aliphatic rings. The number of carbonyl (C=O) groups is 1. The molecule has 0 spiro atoms. The molecule has 2 atom stereocenters. The molecule has 1 aliphatic heterocycles. The molecule has 0 radical (unpaired) electrons. The molecule has 3 nitrogen and oxygen atoms in total. The van der Waals surface area contributed by atoms with Crippen molar-refractivity contribution in [1.82, 2.24) is 0 Å². The minimum absolute atomic E-state index is 0.0359. The molecule has 0 N–H and O–H groups in total. The minimum Gasteiger partial charge on any atom is -0.353 e. The molecule has 3 heteroatoms. The van der Waals surface area contributed by atoms with E-state index in [0.29, 0.717) is 12.5 Å². The van der Waals surface area contributed by atoms with Crippen LogP contribution in [0.1, 0.15) is 64.7 Å². The average Bonchev–Trinajstić information content (AvgIpc) is 2.35. The fraction of sp³-hybridized carbons (Fsp3) is 0.929. The van der Waals surface area contributed by atoms with E-state index in [4.69, 9.17) is 9.47 Å². The standard InChI is InChI=1S/C14H26O3/c1-13(9-5-3-2-4-7-11-15)17-14-10-6-8-12-16-14/h11,13-14H,2-10,12H2,1H3/t13-,14?/m1/s1. The highest BCUT2D eigenvalue weighted by atomic mass is 16.7. The number of ether oxygens (including phenoxy) is 2. The zero-order valence-electron chi connectivity index (χ0n) is 11.0. The maximum atomic E-state index is 10.1. The Labute approximate surface area is 105 Å². The molecule has 0 aliphatic carbocycles. The van der Waals surface area contributed by atoms with E-state index in [0.717, 1.165) is 38.6 Å². The second-order valence-electron chi connectivity index (χ2n) is 4.90. The number of rotatable bonds is 9. The third-order valence-electron chi connectivity index (χ3n) is 3.20. The summed E-state index contributed by atoms with van der Waals surface area (Å²) in [5.41, 5.74) is 0. The van der Waals surface area contributed by atoms with Gasteiger partial charge in [-0.25, -0.2) is 0 Å². The third-order valence-corrected chi connectivity index (χ3v) is 3.20. The molecule has 17 heavy (non-hydrogen) atoms. The highest BCUT2D eigenvalue weighted by Crippen LogP contribution is 2.17. The number of hydrogen-bond acceptors (Lipinski definition) is 3. The van der Waals surface area contributed by atoms with Crippen LogP contribution in [0.3, 0.4) is 0 Å². The molecule has 0 aromatic carbocycles. The highest BCUT2D eigenvalue weighted by Gasteiger charge is 2.16. The molecule has 1 unspecified atom stereocenters. The van der Waals surface area contributed by atoms with Gasteiger partial charge in [0.25, 0.3) is 0 Å². The zero-order valence-corrected chi connectivity index (χ0v) is 11.0. The molecule has 1 heterocycles. The highest BCUT2D eigenvalue weighted by molar-refractivity contribution is 5.48. The molecular formula is C14H26O3. The fourth-order valence-corrected chi connectivity index (χ4v) is 2.16. The van der Waals surface area contributed by atoms with Crippen molar-refractivity contribution < 1.29 is 14.3 Å². The molecule has 0 amide bonds. The summed E-state index contributed by atoms with van der Waals surface area (Å²) in [7, 11) is 0. The van der Waals surface area contributed by atoms with Gasteiger partial charge in [-0.3, -0.25) is 0 Å². The fourth-order valence-electron chi connectivity index (χ4n) is 2.16. The van der Waals surface area contributed by atoms with Gasteiger partial charge < -0.3 is 14.3 Å². The minimum atomic E-state index is 0.0359. The summed E-state index contributed by atoms with van der Waals surface area (Å²) in [4.78, 5) is 10.1. The van der Waals surface area contributed by atoms with Crippen LogP contribution in [0.15, 0.2) is 0 Å². The molecule has 0 saturated carbocycles. The molecule has 0 aromatic heterocycles. The van der Waals surface area contributed by atoms with E-state index in [-0.39, 0.29) is 6.29 Å². The van der Waals surface area contributed by atoms with E-state index in [9.17, 15) is 4.79 Å². The molecule has 0 aromatic rings. The lowest BCUT2D eigenvalue weighted by Gasteiger charge is -2.26. The maximum Gasteiger partial charge on any atom is 0.157 e. The van der Waals surface area contributed by atoms with Crippen molar-refractivity contribution in [2.24, 2.45) is 0 Å². The van der Waals surface area contributed by atoms with Crippen molar-refractivity contribution in [2.75, 3.05) is 6.61 Å². The summed E-state index contributed by atoms with van der Waals surface area (Å²) >= 11 is 0. The predicted octanol–water partition coefficient (Wildman–Crippen LogP) is 3.46. The van der Waals surface area contributed by atoms with Gasteiger partial charge >= 0.3 is 0 Å². The van der Waals surface area contributed by atoms with Gasteiger partial charge in [0.1, 0.15) is 6.29 Å². The van der Waals surface area contributed by atoms with Crippen LogP contribution in [0.5, 0.6) is 0 Å². The average molecular weight is 242 g/mol. The summed E-state index contributed by atoms with van der Waals surface area (Å²) in [6.45, 7) is 2.98. The Bertz CT molecular complexity index is 188. The SMILES string of the molecule is C[C@H](CCCCCCC=O)OC1CCCCO1. The van der Waals surface area contributed by atoms with Gasteiger partial charge in [0, 0.05) is 13.0 Å². The van der Waals surface area contributed by atoms with E-state index >= 15 is 0 Å². The first kappa shape index (κ1) is 14.7. The van der Waals surface area contributed by atoms with Gasteiger partial charge in [0.2, 0.25) is 0 Å². The Morgan fingerprint density at radius 2 is 2.12 bits per heavy atom. The summed E-state index contributed by atoms with van der Waals surface area (Å²) in [5.74, 6) is 0. The topological polar surface area (TPSA) is 35.5 Å². The number of carbonyl (C=O) groups excluding carboxylic acids is 1. The van der Waals surface area contributed by atoms with Gasteiger partial charge in [-0.05, 0) is 39.0 Å². The van der Waals surface area contributed by atoms with Crippen molar-refractivity contribution in [3.05, 3.63) is 0 Å². The van der Waals surface area contributed by atoms with Crippen LogP contribution < -0.4 is 0 Å². The summed E-state index contributed by atoms with van der Waals surface area (Å²) in [5, 5.41) is 0. The van der Waals surface area contributed by atoms with Gasteiger partial charge in [-0.2, -0.15) is 0 Å². The quantitative estimate of drug-likeness (QED) is 0.459. The second kappa shape index (κ2) is 9.60. The largest absolute Gasteiger partial charge is 0.353 e. The Morgan fingerprint density at radius 3 is 2.82 bits per heavy atom. The van der Waals surface area contributed by atoms with E-state index in [2.05, 4.69) is 6.92 Å². The molecule has 1 saturated heterocycles. The predicted molar refractivity (Wildman–Crippen MR) is 67.9 cm³/mol. The summed E-state index contributed by atoms with van der Waals surface area (Å²) in [6, 6.07) is 0. The molecule has 1 rings (SSSR count). The zero-order chi connectivity index (χ0) is 12.3. The van der Waals surface area contributed by atoms with Crippen LogP contribution in [0.25, 0.3) is 0 Å². The van der Waals surface area contributed by atoms with E-state index in [1.165, 1.54) is 25.7 Å². The van der Waals surface area contributed by atoms with E-state index in [1.807, 2.05) is 0 Å². The van der Waals surface area contributed by atoms with Crippen LogP contribution in [-0.2, 0) is 14.3 Å². The van der Waals surface area contributed by atoms with Gasteiger partial charge in [-0.1, -0.05) is 19.3 Å². The smallest absolute Gasteiger partial charge is 0.157 e. The normalized spacial score (nSPS) is 22.3. The van der Waals surface area contributed by atoms with Crippen LogP contribution in [-0.4, -0.2) is 25.3 Å². The Kier molecular flexibility index (Phi) is 8.28. The first-order chi connectivity index (χ1) is 8.33. The molecule has 1 fully saturated rings. The first-order valence-electron chi connectivity index (χ1n) is 7.03. The Balaban J connectivity index is 1.93. The lowest BCUT2D eigenvalue weighted by atomic mass is 10.1. The van der Waals surface area contributed by atoms with Gasteiger partial charge in [-0.15, -0.1) is 0 Å². The summed E-state index contributed by atoms with van der Waals surface area (Å²) in [6.07, 6.45) is 11.2. The van der Waals surface area contributed by atoms with E-state index in [1.54, 1.807) is 0 Å². The van der Waals surface area contributed by atoms with Crippen molar-refractivity contribution >= 4 is 6.29 Å². The lowest BCUT2D eigenvalue weighted by molar-refractivity contribution is -0.185. The lowest BCUT2D eigenvalue weighted by Crippen LogP contribution is -2.26. The van der Waals surface area contributed by atoms with Gasteiger partial charge in [0.05, 0.1) is 6.10 Å². The second-order valence-corrected chi connectivity index (χ2v) is 4.90. The number of unbranched alkanes of at least 4 members (excludes halogenated alkanes) is 4. The van der Waals surface area contributed by atoms with Crippen LogP contribution >= 0.6 is 0 Å². The Hall–Kier alpha value is -0.410. The molecule has 0 bridgehead atoms. The van der Waals surface area contributed by atoms with Crippen LogP contribution in [0.2, 0.25) is 0 Å². The van der Waals surface area contributed by atoms with Crippen LogP contribution in [0, 0.1) is 0 Å². The van der Waals surface area contributed by atoms with E-state index < -0.39 is 0 Å². The summed E-state index contributed by atoms with van der Waals surface area (Å²) < 4.78 is 11.4. The maximum absolute atomic E-state index is 10.1. The van der Waals surface area contributed by atoms with Crippen molar-refractivity contribution in [3.8, 4) is 0 Å². The monoisotopic (exact) mass is 242 g/mol. The molecular weight excluding hydrogens is 216 g/mol. The van der Waals surface area contributed by atoms with Crippen LogP contribution in [0.4, 0.5) is 0 Å². The van der Waals surface area contributed by atoms with Crippen molar-refractivity contribution in [1.29, 1.82) is 0 Å².